The normalized spacial score (nSPS) is 21.4. The molecule has 0 aromatic heterocycles. The molecule has 0 aromatic rings. The van der Waals surface area contributed by atoms with E-state index in [1.165, 1.54) is 32.5 Å². The Balaban J connectivity index is 2.22. The molecule has 84 valence electrons. The molecule has 1 rings (SSSR count). The predicted molar refractivity (Wildman–Crippen MR) is 62.6 cm³/mol. The maximum atomic E-state index is 3.54. The van der Waals surface area contributed by atoms with E-state index in [9.17, 15) is 0 Å². The van der Waals surface area contributed by atoms with Crippen molar-refractivity contribution < 1.29 is 0 Å². The Morgan fingerprint density at radius 3 is 2.21 bits per heavy atom. The topological polar surface area (TPSA) is 15.3 Å². The van der Waals surface area contributed by atoms with Crippen LogP contribution in [0.1, 0.15) is 40.5 Å². The van der Waals surface area contributed by atoms with Crippen LogP contribution in [0, 0.1) is 5.41 Å². The summed E-state index contributed by atoms with van der Waals surface area (Å²) in [6.07, 6.45) is 2.65. The smallest absolute Gasteiger partial charge is 0.00912 e. The molecule has 0 bridgehead atoms. The second-order valence-corrected chi connectivity index (χ2v) is 5.67. The van der Waals surface area contributed by atoms with E-state index >= 15 is 0 Å². The molecule has 0 saturated carbocycles. The zero-order valence-electron chi connectivity index (χ0n) is 10.3. The number of nitrogens with one attached hydrogen (secondary N) is 1. The highest BCUT2D eigenvalue weighted by Gasteiger charge is 2.21. The lowest BCUT2D eigenvalue weighted by molar-refractivity contribution is 0.147. The number of hydrogen-bond donors (Lipinski definition) is 1. The van der Waals surface area contributed by atoms with E-state index in [1.54, 1.807) is 0 Å². The van der Waals surface area contributed by atoms with Crippen molar-refractivity contribution in [2.75, 3.05) is 26.2 Å². The van der Waals surface area contributed by atoms with Crippen molar-refractivity contribution in [3.8, 4) is 0 Å². The van der Waals surface area contributed by atoms with Gasteiger partial charge in [0.05, 0.1) is 0 Å². The molecule has 0 aromatic carbocycles. The van der Waals surface area contributed by atoms with Gasteiger partial charge in [0.15, 0.2) is 0 Å². The Hall–Kier alpha value is -0.0800. The predicted octanol–water partition coefficient (Wildman–Crippen LogP) is 2.11. The van der Waals surface area contributed by atoms with Gasteiger partial charge in [-0.05, 0) is 37.9 Å². The van der Waals surface area contributed by atoms with E-state index in [1.807, 2.05) is 0 Å². The fourth-order valence-electron chi connectivity index (χ4n) is 2.25. The third kappa shape index (κ3) is 4.43. The van der Waals surface area contributed by atoms with Crippen LogP contribution in [0.5, 0.6) is 0 Å². The molecular formula is C12H26N2. The summed E-state index contributed by atoms with van der Waals surface area (Å²) >= 11 is 0. The van der Waals surface area contributed by atoms with Gasteiger partial charge in [-0.3, -0.25) is 0 Å². The minimum Gasteiger partial charge on any atom is -0.314 e. The van der Waals surface area contributed by atoms with Crippen molar-refractivity contribution in [1.29, 1.82) is 0 Å². The molecule has 0 aliphatic carbocycles. The monoisotopic (exact) mass is 198 g/mol. The molecule has 0 radical (unpaired) electrons. The van der Waals surface area contributed by atoms with Crippen LogP contribution in [0.4, 0.5) is 0 Å². The molecule has 2 nitrogen and oxygen atoms in total. The third-order valence-electron chi connectivity index (χ3n) is 2.78. The number of likely N-dealkylation sites (tertiary alicyclic amines) is 1. The Morgan fingerprint density at radius 2 is 1.79 bits per heavy atom. The minimum atomic E-state index is 0.449. The molecule has 0 unspecified atom stereocenters. The van der Waals surface area contributed by atoms with E-state index < -0.39 is 0 Å². The van der Waals surface area contributed by atoms with Crippen LogP contribution in [-0.2, 0) is 0 Å². The zero-order valence-corrected chi connectivity index (χ0v) is 10.3. The molecular weight excluding hydrogens is 172 g/mol. The molecule has 1 N–H and O–H groups in total. The Kier molecular flexibility index (Phi) is 4.39. The fourth-order valence-corrected chi connectivity index (χ4v) is 2.25. The molecule has 1 heterocycles. The van der Waals surface area contributed by atoms with Crippen LogP contribution in [0.2, 0.25) is 0 Å². The lowest BCUT2D eigenvalue weighted by Crippen LogP contribution is -2.44. The first-order valence-electron chi connectivity index (χ1n) is 5.97. The van der Waals surface area contributed by atoms with E-state index in [-0.39, 0.29) is 0 Å². The number of rotatable bonds is 3. The van der Waals surface area contributed by atoms with Crippen LogP contribution in [0.25, 0.3) is 0 Å². The molecule has 2 heteroatoms. The molecule has 14 heavy (non-hydrogen) atoms. The van der Waals surface area contributed by atoms with E-state index in [0.29, 0.717) is 5.41 Å². The second-order valence-electron chi connectivity index (χ2n) is 5.67. The maximum Gasteiger partial charge on any atom is 0.00912 e. The van der Waals surface area contributed by atoms with Crippen LogP contribution >= 0.6 is 0 Å². The maximum absolute atomic E-state index is 3.54. The summed E-state index contributed by atoms with van der Waals surface area (Å²) in [5.41, 5.74) is 0.449. The number of piperidine rings is 1. The average Bonchev–Trinajstić information content (AvgIpc) is 2.06. The highest BCUT2D eigenvalue weighted by Crippen LogP contribution is 2.18. The van der Waals surface area contributed by atoms with Gasteiger partial charge in [0, 0.05) is 12.6 Å². The van der Waals surface area contributed by atoms with Gasteiger partial charge in [-0.1, -0.05) is 27.7 Å². The SMILES string of the molecule is CCNC1CCN(CC(C)(C)C)CC1. The number of nitrogens with zero attached hydrogens (tertiary/aromatic N) is 1. The van der Waals surface area contributed by atoms with Gasteiger partial charge in [-0.15, -0.1) is 0 Å². The molecule has 1 aliphatic rings. The second kappa shape index (κ2) is 5.13. The van der Waals surface area contributed by atoms with Crippen molar-refractivity contribution in [3.63, 3.8) is 0 Å². The van der Waals surface area contributed by atoms with E-state index in [4.69, 9.17) is 0 Å². The van der Waals surface area contributed by atoms with Crippen LogP contribution < -0.4 is 5.32 Å². The summed E-state index contributed by atoms with van der Waals surface area (Å²) in [6.45, 7) is 14.1. The highest BCUT2D eigenvalue weighted by atomic mass is 15.1. The molecule has 1 saturated heterocycles. The first-order chi connectivity index (χ1) is 6.51. The Morgan fingerprint density at radius 1 is 1.21 bits per heavy atom. The van der Waals surface area contributed by atoms with Gasteiger partial charge in [-0.25, -0.2) is 0 Å². The molecule has 0 atom stereocenters. The van der Waals surface area contributed by atoms with Gasteiger partial charge >= 0.3 is 0 Å². The standard InChI is InChI=1S/C12H26N2/c1-5-13-11-6-8-14(9-7-11)10-12(2,3)4/h11,13H,5-10H2,1-4H3. The Labute approximate surface area is 89.1 Å². The molecule has 0 spiro atoms. The summed E-state index contributed by atoms with van der Waals surface area (Å²) in [6, 6.07) is 0.774. The van der Waals surface area contributed by atoms with Crippen molar-refractivity contribution >= 4 is 0 Å². The molecule has 1 fully saturated rings. The third-order valence-corrected chi connectivity index (χ3v) is 2.78. The first kappa shape index (κ1) is 12.0. The number of hydrogen-bond acceptors (Lipinski definition) is 2. The van der Waals surface area contributed by atoms with Crippen LogP contribution in [0.15, 0.2) is 0 Å². The largest absolute Gasteiger partial charge is 0.314 e. The van der Waals surface area contributed by atoms with Crippen LogP contribution in [0.3, 0.4) is 0 Å². The van der Waals surface area contributed by atoms with Crippen molar-refractivity contribution in [3.05, 3.63) is 0 Å². The zero-order chi connectivity index (χ0) is 10.6. The quantitative estimate of drug-likeness (QED) is 0.747. The van der Waals surface area contributed by atoms with Gasteiger partial charge in [-0.2, -0.15) is 0 Å². The van der Waals surface area contributed by atoms with Crippen molar-refractivity contribution in [2.24, 2.45) is 5.41 Å². The van der Waals surface area contributed by atoms with Gasteiger partial charge < -0.3 is 10.2 Å². The van der Waals surface area contributed by atoms with Gasteiger partial charge in [0.25, 0.3) is 0 Å². The first-order valence-corrected chi connectivity index (χ1v) is 5.97. The highest BCUT2D eigenvalue weighted by molar-refractivity contribution is 4.79. The summed E-state index contributed by atoms with van der Waals surface area (Å²) in [5.74, 6) is 0. The average molecular weight is 198 g/mol. The van der Waals surface area contributed by atoms with Gasteiger partial charge in [0.1, 0.15) is 0 Å². The lowest BCUT2D eigenvalue weighted by atomic mass is 9.94. The van der Waals surface area contributed by atoms with E-state index in [2.05, 4.69) is 37.9 Å². The molecule has 0 amide bonds. The summed E-state index contributed by atoms with van der Waals surface area (Å²) in [7, 11) is 0. The summed E-state index contributed by atoms with van der Waals surface area (Å²) < 4.78 is 0. The minimum absolute atomic E-state index is 0.449. The fraction of sp³-hybridized carbons (Fsp3) is 1.00. The summed E-state index contributed by atoms with van der Waals surface area (Å²) in [4.78, 5) is 2.60. The Bertz CT molecular complexity index is 152. The molecule has 1 aliphatic heterocycles. The lowest BCUT2D eigenvalue weighted by Gasteiger charge is -2.36. The van der Waals surface area contributed by atoms with Crippen LogP contribution in [-0.4, -0.2) is 37.1 Å². The summed E-state index contributed by atoms with van der Waals surface area (Å²) in [5, 5.41) is 3.54. The van der Waals surface area contributed by atoms with Gasteiger partial charge in [0.2, 0.25) is 0 Å². The van der Waals surface area contributed by atoms with Crippen molar-refractivity contribution in [1.82, 2.24) is 10.2 Å². The van der Waals surface area contributed by atoms with E-state index in [0.717, 1.165) is 12.6 Å². The van der Waals surface area contributed by atoms with Crippen molar-refractivity contribution in [2.45, 2.75) is 46.6 Å².